The van der Waals surface area contributed by atoms with Gasteiger partial charge in [-0.15, -0.1) is 0 Å². The molecule has 3 nitrogen and oxygen atoms in total. The first kappa shape index (κ1) is 10.0. The molecule has 3 rings (SSSR count). The van der Waals surface area contributed by atoms with Crippen molar-refractivity contribution in [3.05, 3.63) is 35.4 Å². The lowest BCUT2D eigenvalue weighted by atomic mass is 9.93. The van der Waals surface area contributed by atoms with Crippen LogP contribution in [-0.4, -0.2) is 27.3 Å². The van der Waals surface area contributed by atoms with Crippen LogP contribution in [0.3, 0.4) is 0 Å². The Kier molecular flexibility index (Phi) is 1.98. The molecule has 2 aliphatic rings. The Morgan fingerprint density at radius 2 is 2.12 bits per heavy atom. The molecule has 84 valence electrons. The van der Waals surface area contributed by atoms with Crippen molar-refractivity contribution in [1.82, 2.24) is 4.90 Å². The van der Waals surface area contributed by atoms with Crippen molar-refractivity contribution in [1.29, 1.82) is 0 Å². The molecule has 2 atom stereocenters. The second kappa shape index (κ2) is 3.17. The number of fused-ring (bicyclic) bond motifs is 3. The van der Waals surface area contributed by atoms with Crippen LogP contribution in [0, 0.1) is 0 Å². The van der Waals surface area contributed by atoms with Gasteiger partial charge in [0.15, 0.2) is 0 Å². The summed E-state index contributed by atoms with van der Waals surface area (Å²) in [4.78, 5) is 13.0. The van der Waals surface area contributed by atoms with Crippen molar-refractivity contribution in [2.24, 2.45) is 0 Å². The molecule has 4 heteroatoms. The lowest BCUT2D eigenvalue weighted by molar-refractivity contribution is -0.130. The number of rotatable bonds is 0. The van der Waals surface area contributed by atoms with Gasteiger partial charge in [0.05, 0.1) is 10.8 Å². The van der Waals surface area contributed by atoms with E-state index in [0.717, 1.165) is 12.0 Å². The minimum Gasteiger partial charge on any atom is -0.321 e. The fourth-order valence-electron chi connectivity index (χ4n) is 2.72. The first-order valence-corrected chi connectivity index (χ1v) is 6.73. The highest BCUT2D eigenvalue weighted by atomic mass is 32.2. The number of carbonyl (C=O) groups is 1. The topological polar surface area (TPSA) is 37.4 Å². The van der Waals surface area contributed by atoms with Gasteiger partial charge in [-0.05, 0) is 24.5 Å². The van der Waals surface area contributed by atoms with Crippen LogP contribution in [0.15, 0.2) is 24.3 Å². The Hall–Kier alpha value is -1.16. The largest absolute Gasteiger partial charge is 0.321 e. The number of carbonyl (C=O) groups excluding carboxylic acids is 1. The molecule has 2 heterocycles. The third-order valence-corrected chi connectivity index (χ3v) is 5.47. The van der Waals surface area contributed by atoms with Gasteiger partial charge in [0.1, 0.15) is 10.6 Å². The van der Waals surface area contributed by atoms with E-state index in [1.165, 1.54) is 5.56 Å². The third-order valence-electron chi connectivity index (χ3n) is 3.64. The van der Waals surface area contributed by atoms with Crippen LogP contribution in [-0.2, 0) is 26.9 Å². The summed E-state index contributed by atoms with van der Waals surface area (Å²) in [6, 6.07) is 8.01. The van der Waals surface area contributed by atoms with Crippen LogP contribution in [0.1, 0.15) is 18.1 Å². The average Bonchev–Trinajstić information content (AvgIpc) is 2.51. The summed E-state index contributed by atoms with van der Waals surface area (Å²) >= 11 is 0. The van der Waals surface area contributed by atoms with Crippen LogP contribution >= 0.6 is 0 Å². The van der Waals surface area contributed by atoms with E-state index in [1.54, 1.807) is 4.90 Å². The monoisotopic (exact) mass is 235 g/mol. The van der Waals surface area contributed by atoms with Crippen molar-refractivity contribution in [3.63, 3.8) is 0 Å². The van der Waals surface area contributed by atoms with Crippen LogP contribution in [0.5, 0.6) is 0 Å². The zero-order chi connectivity index (χ0) is 11.3. The molecule has 0 saturated carbocycles. The van der Waals surface area contributed by atoms with Crippen molar-refractivity contribution in [2.45, 2.75) is 18.2 Å². The lowest BCUT2D eigenvalue weighted by Gasteiger charge is -2.39. The molecule has 1 amide bonds. The highest BCUT2D eigenvalue weighted by Gasteiger charge is 2.51. The van der Waals surface area contributed by atoms with Gasteiger partial charge < -0.3 is 4.90 Å². The number of hydrogen-bond acceptors (Lipinski definition) is 2. The molecule has 1 aromatic rings. The minimum absolute atomic E-state index is 0.0235. The Bertz CT molecular complexity index is 500. The van der Waals surface area contributed by atoms with E-state index in [-0.39, 0.29) is 11.7 Å². The van der Waals surface area contributed by atoms with E-state index >= 15 is 0 Å². The van der Waals surface area contributed by atoms with Crippen LogP contribution in [0.2, 0.25) is 0 Å². The predicted molar refractivity (Wildman–Crippen MR) is 62.2 cm³/mol. The molecule has 1 aromatic carbocycles. The maximum absolute atomic E-state index is 12.2. The van der Waals surface area contributed by atoms with E-state index < -0.39 is 15.7 Å². The standard InChI is InChI=1S/C12H13NO2S/c1-12-10-5-3-2-4-9(10)6-7-13(12)11(14)8-16(12)15/h2-5H,6-8H2,1H3/t12-,16?/m1/s1. The molecule has 0 N–H and O–H groups in total. The molecule has 16 heavy (non-hydrogen) atoms. The minimum atomic E-state index is -1.12. The van der Waals surface area contributed by atoms with Crippen LogP contribution < -0.4 is 0 Å². The molecular formula is C12H13NO2S. The predicted octanol–water partition coefficient (Wildman–Crippen LogP) is 1.01. The first-order valence-electron chi connectivity index (χ1n) is 5.41. The molecule has 0 bridgehead atoms. The first-order chi connectivity index (χ1) is 7.64. The fraction of sp³-hybridized carbons (Fsp3) is 0.417. The van der Waals surface area contributed by atoms with Gasteiger partial charge >= 0.3 is 0 Å². The second-order valence-electron chi connectivity index (χ2n) is 4.43. The molecule has 2 aliphatic heterocycles. The quantitative estimate of drug-likeness (QED) is 0.673. The second-order valence-corrected chi connectivity index (χ2v) is 6.20. The van der Waals surface area contributed by atoms with Gasteiger partial charge in [-0.1, -0.05) is 24.3 Å². The van der Waals surface area contributed by atoms with Crippen molar-refractivity contribution < 1.29 is 9.00 Å². The Balaban J connectivity index is 2.23. The summed E-state index contributed by atoms with van der Waals surface area (Å²) in [6.07, 6.45) is 0.870. The van der Waals surface area contributed by atoms with E-state index in [0.29, 0.717) is 6.54 Å². The van der Waals surface area contributed by atoms with Crippen molar-refractivity contribution >= 4 is 16.7 Å². The molecule has 0 aromatic heterocycles. The van der Waals surface area contributed by atoms with Gasteiger partial charge in [0.25, 0.3) is 0 Å². The van der Waals surface area contributed by atoms with Gasteiger partial charge in [0.2, 0.25) is 5.91 Å². The van der Waals surface area contributed by atoms with Gasteiger partial charge in [-0.25, -0.2) is 0 Å². The van der Waals surface area contributed by atoms with Gasteiger partial charge in [-0.2, -0.15) is 0 Å². The third kappa shape index (κ3) is 1.08. The Morgan fingerprint density at radius 3 is 2.94 bits per heavy atom. The maximum Gasteiger partial charge on any atom is 0.236 e. The number of nitrogens with zero attached hydrogens (tertiary/aromatic N) is 1. The molecule has 1 unspecified atom stereocenters. The van der Waals surface area contributed by atoms with Crippen molar-refractivity contribution in [3.8, 4) is 0 Å². The smallest absolute Gasteiger partial charge is 0.236 e. The van der Waals surface area contributed by atoms with E-state index in [9.17, 15) is 9.00 Å². The zero-order valence-corrected chi connectivity index (χ0v) is 9.92. The number of hydrogen-bond donors (Lipinski definition) is 0. The zero-order valence-electron chi connectivity index (χ0n) is 9.10. The summed E-state index contributed by atoms with van der Waals surface area (Å²) < 4.78 is 12.2. The van der Waals surface area contributed by atoms with E-state index in [2.05, 4.69) is 6.07 Å². The molecule has 0 radical (unpaired) electrons. The van der Waals surface area contributed by atoms with E-state index in [4.69, 9.17) is 0 Å². The lowest BCUT2D eigenvalue weighted by Crippen LogP contribution is -2.47. The Morgan fingerprint density at radius 1 is 1.38 bits per heavy atom. The SMILES string of the molecule is C[C@@]12c3ccccc3CCN1C(=O)CS2=O. The molecule has 0 spiro atoms. The molecule has 1 fully saturated rings. The number of amides is 1. The van der Waals surface area contributed by atoms with Crippen LogP contribution in [0.4, 0.5) is 0 Å². The molecule has 0 aliphatic carbocycles. The molecule has 1 saturated heterocycles. The fourth-order valence-corrected chi connectivity index (χ4v) is 4.27. The summed E-state index contributed by atoms with van der Waals surface area (Å²) in [6.45, 7) is 2.62. The normalized spacial score (nSPS) is 32.4. The summed E-state index contributed by atoms with van der Waals surface area (Å²) in [5.41, 5.74) is 2.29. The Labute approximate surface area is 96.9 Å². The molecular weight excluding hydrogens is 222 g/mol. The van der Waals surface area contributed by atoms with Gasteiger partial charge in [-0.3, -0.25) is 9.00 Å². The van der Waals surface area contributed by atoms with Crippen LogP contribution in [0.25, 0.3) is 0 Å². The van der Waals surface area contributed by atoms with E-state index in [1.807, 2.05) is 25.1 Å². The maximum atomic E-state index is 12.2. The van der Waals surface area contributed by atoms with Crippen molar-refractivity contribution in [2.75, 3.05) is 12.3 Å². The average molecular weight is 235 g/mol. The summed E-state index contributed by atoms with van der Waals surface area (Å²) in [7, 11) is -1.12. The number of benzene rings is 1. The van der Waals surface area contributed by atoms with Gasteiger partial charge in [0, 0.05) is 6.54 Å². The summed E-state index contributed by atoms with van der Waals surface area (Å²) in [5, 5.41) is 0. The summed E-state index contributed by atoms with van der Waals surface area (Å²) in [5.74, 6) is 0.195. The highest BCUT2D eigenvalue weighted by molar-refractivity contribution is 7.87. The highest BCUT2D eigenvalue weighted by Crippen LogP contribution is 2.41.